The van der Waals surface area contributed by atoms with E-state index in [0.29, 0.717) is 23.2 Å². The van der Waals surface area contributed by atoms with E-state index in [9.17, 15) is 14.7 Å². The fraction of sp³-hybridized carbons (Fsp3) is 0.294. The molecule has 7 nitrogen and oxygen atoms in total. The lowest BCUT2D eigenvalue weighted by Crippen LogP contribution is -2.34. The Kier molecular flexibility index (Phi) is 3.41. The quantitative estimate of drug-likeness (QED) is 0.896. The first kappa shape index (κ1) is 14.6. The summed E-state index contributed by atoms with van der Waals surface area (Å²) >= 11 is 0. The molecule has 0 saturated carbocycles. The molecule has 0 bridgehead atoms. The van der Waals surface area contributed by atoms with Crippen molar-refractivity contribution in [2.45, 2.75) is 31.7 Å². The number of carbonyl (C=O) groups excluding carboxylic acids is 1. The zero-order valence-corrected chi connectivity index (χ0v) is 12.9. The molecule has 2 aliphatic rings. The lowest BCUT2D eigenvalue weighted by atomic mass is 9.93. The molecule has 2 aromatic rings. The molecule has 24 heavy (non-hydrogen) atoms. The minimum Gasteiger partial charge on any atom is -0.478 e. The lowest BCUT2D eigenvalue weighted by molar-refractivity contribution is -0.132. The van der Waals surface area contributed by atoms with Crippen LogP contribution >= 0.6 is 0 Å². The molecular formula is C17H16N4O3. The van der Waals surface area contributed by atoms with Crippen molar-refractivity contribution in [2.75, 3.05) is 0 Å². The van der Waals surface area contributed by atoms with Gasteiger partial charge in [0.1, 0.15) is 5.56 Å². The number of nitrogens with zero attached hydrogens (tertiary/aromatic N) is 3. The zero-order chi connectivity index (χ0) is 16.7. The summed E-state index contributed by atoms with van der Waals surface area (Å²) in [7, 11) is 0. The standard InChI is InChI=1S/C17H16N4O3/c22-16(13-9-19-21-7-1-6-18-15(13)21)20-14-5-4-10-2-3-11(17(23)24)8-12(10)14/h1,6-9,14H,2-5H2,(H,20,22)(H,23,24). The molecule has 1 unspecified atom stereocenters. The number of allylic oxidation sites excluding steroid dienone is 1. The number of aliphatic carboxylic acids is 1. The number of aromatic nitrogens is 3. The van der Waals surface area contributed by atoms with E-state index in [-0.39, 0.29) is 11.9 Å². The molecule has 0 saturated heterocycles. The van der Waals surface area contributed by atoms with Crippen LogP contribution in [0.1, 0.15) is 36.0 Å². The van der Waals surface area contributed by atoms with Crippen LogP contribution < -0.4 is 5.32 Å². The van der Waals surface area contributed by atoms with Crippen LogP contribution in [0.5, 0.6) is 0 Å². The Balaban J connectivity index is 1.58. The first-order chi connectivity index (χ1) is 11.6. The molecule has 122 valence electrons. The Hall–Kier alpha value is -2.96. The summed E-state index contributed by atoms with van der Waals surface area (Å²) in [6.07, 6.45) is 9.61. The van der Waals surface area contributed by atoms with Crippen LogP contribution in [0.15, 0.2) is 47.5 Å². The van der Waals surface area contributed by atoms with Gasteiger partial charge < -0.3 is 10.4 Å². The van der Waals surface area contributed by atoms with E-state index in [0.717, 1.165) is 24.8 Å². The summed E-state index contributed by atoms with van der Waals surface area (Å²) in [6.45, 7) is 0. The van der Waals surface area contributed by atoms with E-state index in [1.165, 1.54) is 11.8 Å². The minimum atomic E-state index is -0.884. The highest BCUT2D eigenvalue weighted by atomic mass is 16.4. The average molecular weight is 324 g/mol. The second kappa shape index (κ2) is 5.59. The van der Waals surface area contributed by atoms with Crippen molar-refractivity contribution in [1.29, 1.82) is 0 Å². The van der Waals surface area contributed by atoms with E-state index in [1.807, 2.05) is 0 Å². The normalized spacial score (nSPS) is 20.0. The van der Waals surface area contributed by atoms with Crippen molar-refractivity contribution in [3.63, 3.8) is 0 Å². The first-order valence-corrected chi connectivity index (χ1v) is 7.88. The molecule has 2 aliphatic carbocycles. The summed E-state index contributed by atoms with van der Waals surface area (Å²) in [5.74, 6) is -1.12. The van der Waals surface area contributed by atoms with Crippen molar-refractivity contribution < 1.29 is 14.7 Å². The third-order valence-corrected chi connectivity index (χ3v) is 4.65. The van der Waals surface area contributed by atoms with E-state index in [2.05, 4.69) is 15.4 Å². The maximum absolute atomic E-state index is 12.6. The molecule has 2 aromatic heterocycles. The highest BCUT2D eigenvalue weighted by molar-refractivity contribution is 6.00. The second-order valence-corrected chi connectivity index (χ2v) is 6.04. The van der Waals surface area contributed by atoms with E-state index in [4.69, 9.17) is 0 Å². The minimum absolute atomic E-state index is 0.152. The zero-order valence-electron chi connectivity index (χ0n) is 12.9. The molecule has 0 fully saturated rings. The second-order valence-electron chi connectivity index (χ2n) is 6.04. The van der Waals surface area contributed by atoms with Crippen LogP contribution in [-0.2, 0) is 4.79 Å². The molecule has 2 heterocycles. The van der Waals surface area contributed by atoms with Gasteiger partial charge in [0, 0.05) is 18.0 Å². The molecule has 1 amide bonds. The van der Waals surface area contributed by atoms with E-state index >= 15 is 0 Å². The summed E-state index contributed by atoms with van der Waals surface area (Å²) < 4.78 is 1.55. The van der Waals surface area contributed by atoms with E-state index < -0.39 is 5.97 Å². The van der Waals surface area contributed by atoms with Crippen LogP contribution in [0, 0.1) is 0 Å². The van der Waals surface area contributed by atoms with Gasteiger partial charge in [-0.3, -0.25) is 4.79 Å². The molecule has 0 radical (unpaired) electrons. The summed E-state index contributed by atoms with van der Waals surface area (Å²) in [4.78, 5) is 28.0. The molecular weight excluding hydrogens is 308 g/mol. The van der Waals surface area contributed by atoms with Crippen LogP contribution in [0.25, 0.3) is 5.65 Å². The molecule has 0 aromatic carbocycles. The van der Waals surface area contributed by atoms with Gasteiger partial charge in [-0.1, -0.05) is 5.57 Å². The number of carboxylic acids is 1. The number of hydrogen-bond acceptors (Lipinski definition) is 4. The third kappa shape index (κ3) is 2.38. The van der Waals surface area contributed by atoms with Crippen LogP contribution in [0.3, 0.4) is 0 Å². The number of nitrogens with one attached hydrogen (secondary N) is 1. The van der Waals surface area contributed by atoms with Gasteiger partial charge in [0.25, 0.3) is 5.91 Å². The van der Waals surface area contributed by atoms with Crippen molar-refractivity contribution in [1.82, 2.24) is 19.9 Å². The molecule has 1 atom stereocenters. The maximum atomic E-state index is 12.6. The average Bonchev–Trinajstić information content (AvgIpc) is 3.18. The monoisotopic (exact) mass is 324 g/mol. The number of carboxylic acid groups (broad SMARTS) is 1. The Labute approximate surface area is 137 Å². The number of fused-ring (bicyclic) bond motifs is 1. The Morgan fingerprint density at radius 3 is 3.00 bits per heavy atom. The van der Waals surface area contributed by atoms with Crippen LogP contribution in [0.4, 0.5) is 0 Å². The Bertz CT molecular complexity index is 909. The van der Waals surface area contributed by atoms with Gasteiger partial charge in [0.2, 0.25) is 0 Å². The Morgan fingerprint density at radius 1 is 1.29 bits per heavy atom. The van der Waals surface area contributed by atoms with Crippen molar-refractivity contribution >= 4 is 17.5 Å². The van der Waals surface area contributed by atoms with Gasteiger partial charge in [-0.15, -0.1) is 0 Å². The van der Waals surface area contributed by atoms with Gasteiger partial charge in [-0.05, 0) is 43.4 Å². The van der Waals surface area contributed by atoms with Gasteiger partial charge >= 0.3 is 5.97 Å². The van der Waals surface area contributed by atoms with Gasteiger partial charge in [0.15, 0.2) is 5.65 Å². The summed E-state index contributed by atoms with van der Waals surface area (Å²) in [6, 6.07) is 1.59. The Morgan fingerprint density at radius 2 is 2.17 bits per heavy atom. The predicted molar refractivity (Wildman–Crippen MR) is 85.5 cm³/mol. The highest BCUT2D eigenvalue weighted by Gasteiger charge is 2.30. The molecule has 0 aliphatic heterocycles. The lowest BCUT2D eigenvalue weighted by Gasteiger charge is -2.18. The fourth-order valence-electron chi connectivity index (χ4n) is 3.42. The maximum Gasteiger partial charge on any atom is 0.331 e. The smallest absolute Gasteiger partial charge is 0.331 e. The molecule has 0 spiro atoms. The van der Waals surface area contributed by atoms with E-state index in [1.54, 1.807) is 29.1 Å². The van der Waals surface area contributed by atoms with Gasteiger partial charge in [-0.25, -0.2) is 14.3 Å². The third-order valence-electron chi connectivity index (χ3n) is 4.65. The fourth-order valence-corrected chi connectivity index (χ4v) is 3.42. The first-order valence-electron chi connectivity index (χ1n) is 7.88. The predicted octanol–water partition coefficient (Wildman–Crippen LogP) is 1.72. The van der Waals surface area contributed by atoms with Crippen molar-refractivity contribution in [2.24, 2.45) is 0 Å². The molecule has 7 heteroatoms. The van der Waals surface area contributed by atoms with Gasteiger partial charge in [-0.2, -0.15) is 5.10 Å². The van der Waals surface area contributed by atoms with Crippen LogP contribution in [-0.4, -0.2) is 37.6 Å². The SMILES string of the molecule is O=C(O)C1=CC2=C(CC1)CCC2NC(=O)c1cnn2cccnc12. The topological polar surface area (TPSA) is 96.6 Å². The van der Waals surface area contributed by atoms with Gasteiger partial charge in [0.05, 0.1) is 12.2 Å². The number of amides is 1. The number of rotatable bonds is 3. The molecule has 2 N–H and O–H groups in total. The van der Waals surface area contributed by atoms with Crippen molar-refractivity contribution in [3.8, 4) is 0 Å². The number of hydrogen-bond donors (Lipinski definition) is 2. The largest absolute Gasteiger partial charge is 0.478 e. The highest BCUT2D eigenvalue weighted by Crippen LogP contribution is 2.36. The summed E-state index contributed by atoms with van der Waals surface area (Å²) in [5, 5.41) is 16.3. The number of carbonyl (C=O) groups is 2. The summed E-state index contributed by atoms with van der Waals surface area (Å²) in [5.41, 5.74) is 3.54. The van der Waals surface area contributed by atoms with Crippen LogP contribution in [0.2, 0.25) is 0 Å². The molecule has 4 rings (SSSR count). The van der Waals surface area contributed by atoms with Crippen molar-refractivity contribution in [3.05, 3.63) is 53.0 Å².